The van der Waals surface area contributed by atoms with Crippen molar-refractivity contribution in [3.63, 3.8) is 0 Å². The third kappa shape index (κ3) is 4.12. The lowest BCUT2D eigenvalue weighted by Crippen LogP contribution is -2.38. The Balaban J connectivity index is 0.000000258. The van der Waals surface area contributed by atoms with Crippen LogP contribution in [-0.2, 0) is 22.4 Å². The van der Waals surface area contributed by atoms with Crippen molar-refractivity contribution in [2.75, 3.05) is 13.1 Å². The molecule has 0 fully saturated rings. The fourth-order valence-electron chi connectivity index (χ4n) is 4.12. The Hall–Kier alpha value is -3.26. The Morgan fingerprint density at radius 1 is 1.17 bits per heavy atom. The predicted molar refractivity (Wildman–Crippen MR) is 106 cm³/mol. The summed E-state index contributed by atoms with van der Waals surface area (Å²) >= 11 is 0. The van der Waals surface area contributed by atoms with Crippen LogP contribution < -0.4 is 0 Å². The standard InChI is InChI=1S/C17H20N2O2.C4H4O4/c1-2-4-19-5-3-10-7-14(20)17(21)16-12-9-18-8-11(12)6-13(19)15(10)16;5-3(6)1-2-4(7)8/h7-9,13,18,20-21H,2-6H2,1H3;1-2H,(H,5,6)(H,7,8). The van der Waals surface area contributed by atoms with Crippen molar-refractivity contribution in [2.24, 2.45) is 0 Å². The highest BCUT2D eigenvalue weighted by Crippen LogP contribution is 2.51. The molecule has 5 N–H and O–H groups in total. The normalized spacial score (nSPS) is 17.2. The molecule has 1 aromatic carbocycles. The highest BCUT2D eigenvalue weighted by molar-refractivity contribution is 5.89. The Bertz CT molecular complexity index is 946. The molecule has 0 saturated carbocycles. The first-order chi connectivity index (χ1) is 13.8. The summed E-state index contributed by atoms with van der Waals surface area (Å²) in [5, 5.41) is 36.1. The van der Waals surface area contributed by atoms with E-state index < -0.39 is 11.9 Å². The van der Waals surface area contributed by atoms with Crippen molar-refractivity contribution in [1.29, 1.82) is 0 Å². The predicted octanol–water partition coefficient (Wildman–Crippen LogP) is 2.67. The number of nitrogens with zero attached hydrogens (tertiary/aromatic N) is 1. The van der Waals surface area contributed by atoms with Crippen LogP contribution in [0, 0.1) is 0 Å². The van der Waals surface area contributed by atoms with Crippen molar-refractivity contribution in [1.82, 2.24) is 9.88 Å². The van der Waals surface area contributed by atoms with E-state index >= 15 is 0 Å². The number of aliphatic carboxylic acids is 2. The van der Waals surface area contributed by atoms with E-state index in [2.05, 4.69) is 16.8 Å². The van der Waals surface area contributed by atoms with Gasteiger partial charge in [0.25, 0.3) is 0 Å². The molecule has 0 amide bonds. The van der Waals surface area contributed by atoms with Crippen molar-refractivity contribution >= 4 is 11.9 Å². The molecule has 4 rings (SSSR count). The van der Waals surface area contributed by atoms with Gasteiger partial charge in [-0.25, -0.2) is 9.59 Å². The van der Waals surface area contributed by atoms with E-state index in [-0.39, 0.29) is 11.5 Å². The number of aromatic nitrogens is 1. The third-order valence-corrected chi connectivity index (χ3v) is 5.24. The summed E-state index contributed by atoms with van der Waals surface area (Å²) in [6, 6.07) is 2.07. The first kappa shape index (κ1) is 20.5. The number of phenols is 2. The fraction of sp³-hybridized carbons (Fsp3) is 0.333. The van der Waals surface area contributed by atoms with Crippen molar-refractivity contribution < 1.29 is 30.0 Å². The summed E-state index contributed by atoms with van der Waals surface area (Å²) in [6.45, 7) is 4.30. The fourth-order valence-corrected chi connectivity index (χ4v) is 4.12. The number of rotatable bonds is 4. The molecule has 0 spiro atoms. The third-order valence-electron chi connectivity index (χ3n) is 5.24. The maximum Gasteiger partial charge on any atom is 0.328 e. The quantitative estimate of drug-likeness (QED) is 0.393. The van der Waals surface area contributed by atoms with Gasteiger partial charge in [-0.15, -0.1) is 0 Å². The summed E-state index contributed by atoms with van der Waals surface area (Å²) in [4.78, 5) is 24.8. The molecule has 2 aliphatic rings. The number of carbonyl (C=O) groups is 2. The van der Waals surface area contributed by atoms with Gasteiger partial charge in [0.05, 0.1) is 0 Å². The zero-order valence-electron chi connectivity index (χ0n) is 16.1. The minimum atomic E-state index is -1.26. The molecule has 8 heteroatoms. The molecule has 1 atom stereocenters. The Labute approximate surface area is 167 Å². The second-order valence-corrected chi connectivity index (χ2v) is 7.10. The van der Waals surface area contributed by atoms with Gasteiger partial charge in [0, 0.05) is 48.3 Å². The van der Waals surface area contributed by atoms with Gasteiger partial charge in [-0.3, -0.25) is 4.90 Å². The molecular weight excluding hydrogens is 376 g/mol. The number of benzene rings is 1. The van der Waals surface area contributed by atoms with E-state index in [1.165, 1.54) is 16.7 Å². The van der Waals surface area contributed by atoms with Gasteiger partial charge < -0.3 is 25.4 Å². The van der Waals surface area contributed by atoms with E-state index in [0.29, 0.717) is 18.2 Å². The van der Waals surface area contributed by atoms with Gasteiger partial charge in [-0.2, -0.15) is 0 Å². The van der Waals surface area contributed by atoms with Crippen LogP contribution in [0.2, 0.25) is 0 Å². The summed E-state index contributed by atoms with van der Waals surface area (Å²) in [6.07, 6.45) is 8.10. The number of aromatic hydroxyl groups is 2. The molecular formula is C21H24N2O6. The molecule has 2 aromatic rings. The molecule has 0 radical (unpaired) electrons. The molecule has 8 nitrogen and oxygen atoms in total. The minimum absolute atomic E-state index is 0.000455. The summed E-state index contributed by atoms with van der Waals surface area (Å²) < 4.78 is 0. The zero-order valence-corrected chi connectivity index (χ0v) is 16.1. The Morgan fingerprint density at radius 2 is 1.86 bits per heavy atom. The van der Waals surface area contributed by atoms with Gasteiger partial charge in [0.2, 0.25) is 0 Å². The molecule has 1 aromatic heterocycles. The average molecular weight is 400 g/mol. The van der Waals surface area contributed by atoms with Gasteiger partial charge in [-0.05, 0) is 48.6 Å². The molecule has 1 unspecified atom stereocenters. The van der Waals surface area contributed by atoms with Gasteiger partial charge >= 0.3 is 11.9 Å². The maximum absolute atomic E-state index is 10.4. The van der Waals surface area contributed by atoms with Crippen LogP contribution in [0.15, 0.2) is 30.6 Å². The Kier molecular flexibility index (Phi) is 5.93. The molecule has 0 bridgehead atoms. The number of H-pyrrole nitrogens is 1. The van der Waals surface area contributed by atoms with Gasteiger partial charge in [-0.1, -0.05) is 6.92 Å². The highest BCUT2D eigenvalue weighted by atomic mass is 16.4. The Morgan fingerprint density at radius 3 is 2.48 bits per heavy atom. The number of fused-ring (bicyclic) bond motifs is 2. The second-order valence-electron chi connectivity index (χ2n) is 7.10. The molecule has 0 saturated heterocycles. The van der Waals surface area contributed by atoms with Crippen molar-refractivity contribution in [3.8, 4) is 22.6 Å². The lowest BCUT2D eigenvalue weighted by molar-refractivity contribution is -0.134. The molecule has 154 valence electrons. The topological polar surface area (TPSA) is 134 Å². The van der Waals surface area contributed by atoms with Gasteiger partial charge in [0.15, 0.2) is 11.5 Å². The van der Waals surface area contributed by atoms with Crippen LogP contribution >= 0.6 is 0 Å². The number of hydrogen-bond donors (Lipinski definition) is 5. The molecule has 1 aliphatic carbocycles. The van der Waals surface area contributed by atoms with Gasteiger partial charge in [0.1, 0.15) is 0 Å². The lowest BCUT2D eigenvalue weighted by Gasteiger charge is -2.41. The average Bonchev–Trinajstić information content (AvgIpc) is 3.14. The minimum Gasteiger partial charge on any atom is -0.504 e. The molecule has 1 aliphatic heterocycles. The van der Waals surface area contributed by atoms with Crippen LogP contribution in [-0.4, -0.2) is 55.3 Å². The van der Waals surface area contributed by atoms with Crippen LogP contribution in [0.5, 0.6) is 11.5 Å². The van der Waals surface area contributed by atoms with Crippen LogP contribution in [0.4, 0.5) is 0 Å². The SMILES string of the molecule is CCCN1CCc2cc(O)c(O)c3c2C1Cc1c[nH]cc1-3.O=C(O)C=CC(=O)O. The largest absolute Gasteiger partial charge is 0.504 e. The summed E-state index contributed by atoms with van der Waals surface area (Å²) in [5.74, 6) is -2.49. The summed E-state index contributed by atoms with van der Waals surface area (Å²) in [5.41, 5.74) is 5.50. The first-order valence-corrected chi connectivity index (χ1v) is 9.45. The highest BCUT2D eigenvalue weighted by Gasteiger charge is 2.36. The second kappa shape index (κ2) is 8.40. The van der Waals surface area contributed by atoms with E-state index in [1.807, 2.05) is 12.4 Å². The van der Waals surface area contributed by atoms with Crippen molar-refractivity contribution in [2.45, 2.75) is 32.2 Å². The van der Waals surface area contributed by atoms with Crippen LogP contribution in [0.25, 0.3) is 11.1 Å². The van der Waals surface area contributed by atoms with E-state index in [4.69, 9.17) is 10.2 Å². The number of nitrogens with one attached hydrogen (secondary N) is 1. The lowest BCUT2D eigenvalue weighted by atomic mass is 9.78. The maximum atomic E-state index is 10.4. The van der Waals surface area contributed by atoms with E-state index in [0.717, 1.165) is 43.5 Å². The van der Waals surface area contributed by atoms with E-state index in [9.17, 15) is 19.8 Å². The van der Waals surface area contributed by atoms with Crippen LogP contribution in [0.3, 0.4) is 0 Å². The number of carboxylic acids is 2. The monoisotopic (exact) mass is 400 g/mol. The smallest absolute Gasteiger partial charge is 0.328 e. The first-order valence-electron chi connectivity index (χ1n) is 9.45. The number of carboxylic acid groups (broad SMARTS) is 2. The van der Waals surface area contributed by atoms with E-state index in [1.54, 1.807) is 6.07 Å². The summed E-state index contributed by atoms with van der Waals surface area (Å²) in [7, 11) is 0. The molecule has 2 heterocycles. The number of phenolic OH excluding ortho intramolecular Hbond substituents is 2. The number of hydrogen-bond acceptors (Lipinski definition) is 5. The number of aromatic amines is 1. The van der Waals surface area contributed by atoms with Crippen LogP contribution in [0.1, 0.15) is 36.1 Å². The van der Waals surface area contributed by atoms with Crippen molar-refractivity contribution in [3.05, 3.63) is 47.3 Å². The zero-order chi connectivity index (χ0) is 21.1. The molecule has 29 heavy (non-hydrogen) atoms.